The Hall–Kier alpha value is -2.83. The molecule has 1 aromatic carbocycles. The van der Waals surface area contributed by atoms with Crippen LogP contribution in [0.15, 0.2) is 48.7 Å². The number of primary amides is 1. The molecule has 0 aliphatic carbocycles. The van der Waals surface area contributed by atoms with Crippen molar-refractivity contribution in [1.29, 1.82) is 0 Å². The lowest BCUT2D eigenvalue weighted by molar-refractivity contribution is -0.137. The molecule has 2 heterocycles. The lowest BCUT2D eigenvalue weighted by Gasteiger charge is -2.11. The number of hydrogen-bond donors (Lipinski definition) is 1. The lowest BCUT2D eigenvalue weighted by Crippen LogP contribution is -2.17. The molecule has 2 aromatic heterocycles. The fraction of sp³-hybridized carbons (Fsp3) is 0.125. The first-order valence-corrected chi connectivity index (χ1v) is 6.76. The van der Waals surface area contributed by atoms with Gasteiger partial charge in [-0.3, -0.25) is 4.79 Å². The van der Waals surface area contributed by atoms with Crippen molar-refractivity contribution in [2.75, 3.05) is 0 Å². The van der Waals surface area contributed by atoms with Gasteiger partial charge in [-0.1, -0.05) is 12.1 Å². The normalized spacial score (nSPS) is 11.8. The number of amides is 1. The van der Waals surface area contributed by atoms with Gasteiger partial charge >= 0.3 is 6.18 Å². The van der Waals surface area contributed by atoms with Crippen molar-refractivity contribution in [2.24, 2.45) is 5.73 Å². The van der Waals surface area contributed by atoms with Gasteiger partial charge in [-0.05, 0) is 35.9 Å². The summed E-state index contributed by atoms with van der Waals surface area (Å²) in [6.07, 6.45) is -2.87. The van der Waals surface area contributed by atoms with Crippen LogP contribution in [-0.4, -0.2) is 15.5 Å². The van der Waals surface area contributed by atoms with E-state index >= 15 is 0 Å². The predicted molar refractivity (Wildman–Crippen MR) is 78.8 cm³/mol. The zero-order valence-corrected chi connectivity index (χ0v) is 11.8. The molecule has 4 nitrogen and oxygen atoms in total. The first-order chi connectivity index (χ1) is 10.9. The van der Waals surface area contributed by atoms with Crippen LogP contribution in [0.1, 0.15) is 21.6 Å². The Bertz CT molecular complexity index is 884. The van der Waals surface area contributed by atoms with Crippen LogP contribution < -0.4 is 5.73 Å². The number of benzene rings is 1. The lowest BCUT2D eigenvalue weighted by atomic mass is 10.1. The molecule has 0 spiro atoms. The van der Waals surface area contributed by atoms with Crippen LogP contribution in [0.2, 0.25) is 0 Å². The van der Waals surface area contributed by atoms with Gasteiger partial charge in [0.25, 0.3) is 5.91 Å². The maximum atomic E-state index is 12.8. The fourth-order valence-corrected chi connectivity index (χ4v) is 2.48. The molecule has 118 valence electrons. The van der Waals surface area contributed by atoms with Crippen LogP contribution in [0.5, 0.6) is 0 Å². The minimum Gasteiger partial charge on any atom is -0.364 e. The zero-order chi connectivity index (χ0) is 16.6. The highest BCUT2D eigenvalue weighted by atomic mass is 19.4. The van der Waals surface area contributed by atoms with Crippen LogP contribution in [0, 0.1) is 0 Å². The van der Waals surface area contributed by atoms with Crippen molar-refractivity contribution in [2.45, 2.75) is 12.7 Å². The molecular weight excluding hydrogens is 307 g/mol. The van der Waals surface area contributed by atoms with Crippen molar-refractivity contribution < 1.29 is 18.0 Å². The summed E-state index contributed by atoms with van der Waals surface area (Å²) in [4.78, 5) is 15.8. The average Bonchev–Trinajstić information content (AvgIpc) is 2.86. The molecule has 1 amide bonds. The average molecular weight is 319 g/mol. The molecular formula is C16H12F3N3O. The van der Waals surface area contributed by atoms with Crippen molar-refractivity contribution >= 4 is 16.9 Å². The van der Waals surface area contributed by atoms with Gasteiger partial charge in [-0.2, -0.15) is 13.2 Å². The Morgan fingerprint density at radius 3 is 2.65 bits per heavy atom. The maximum Gasteiger partial charge on any atom is 0.416 e. The Kier molecular flexibility index (Phi) is 3.55. The topological polar surface area (TPSA) is 60.9 Å². The molecule has 0 aliphatic rings. The van der Waals surface area contributed by atoms with Crippen molar-refractivity contribution in [3.63, 3.8) is 0 Å². The predicted octanol–water partition coefficient (Wildman–Crippen LogP) is 3.20. The minimum absolute atomic E-state index is 0.0721. The highest BCUT2D eigenvalue weighted by Gasteiger charge is 2.30. The molecule has 3 rings (SSSR count). The van der Waals surface area contributed by atoms with Crippen LogP contribution in [-0.2, 0) is 12.7 Å². The molecule has 0 radical (unpaired) electrons. The third-order valence-corrected chi connectivity index (χ3v) is 3.50. The third-order valence-electron chi connectivity index (χ3n) is 3.50. The van der Waals surface area contributed by atoms with E-state index in [1.165, 1.54) is 10.6 Å². The molecule has 7 heteroatoms. The van der Waals surface area contributed by atoms with E-state index in [0.29, 0.717) is 16.6 Å². The molecule has 3 aromatic rings. The molecule has 0 aliphatic heterocycles. The summed E-state index contributed by atoms with van der Waals surface area (Å²) >= 11 is 0. The summed E-state index contributed by atoms with van der Waals surface area (Å²) in [6.45, 7) is 0.0721. The smallest absolute Gasteiger partial charge is 0.364 e. The number of nitrogens with two attached hydrogens (primary N) is 1. The van der Waals surface area contributed by atoms with Gasteiger partial charge in [0, 0.05) is 18.1 Å². The van der Waals surface area contributed by atoms with E-state index in [4.69, 9.17) is 5.73 Å². The van der Waals surface area contributed by atoms with E-state index in [1.54, 1.807) is 30.5 Å². The number of carbonyl (C=O) groups excluding carboxylic acids is 1. The summed E-state index contributed by atoms with van der Waals surface area (Å²) in [6, 6.07) is 10.0. The van der Waals surface area contributed by atoms with Gasteiger partial charge in [0.2, 0.25) is 0 Å². The highest BCUT2D eigenvalue weighted by molar-refractivity contribution is 5.96. The maximum absolute atomic E-state index is 12.8. The number of nitrogens with zero attached hydrogens (tertiary/aromatic N) is 2. The van der Waals surface area contributed by atoms with Crippen molar-refractivity contribution in [3.8, 4) is 0 Å². The number of alkyl halides is 3. The van der Waals surface area contributed by atoms with E-state index < -0.39 is 17.6 Å². The summed E-state index contributed by atoms with van der Waals surface area (Å²) in [5, 5.41) is 0.702. The number of pyridine rings is 1. The van der Waals surface area contributed by atoms with Crippen LogP contribution >= 0.6 is 0 Å². The number of hydrogen-bond acceptors (Lipinski definition) is 2. The van der Waals surface area contributed by atoms with E-state index in [2.05, 4.69) is 4.98 Å². The van der Waals surface area contributed by atoms with Crippen LogP contribution in [0.25, 0.3) is 11.0 Å². The molecule has 0 saturated heterocycles. The summed E-state index contributed by atoms with van der Waals surface area (Å²) < 4.78 is 40.0. The first kappa shape index (κ1) is 15.1. The second-order valence-electron chi connectivity index (χ2n) is 5.09. The van der Waals surface area contributed by atoms with Crippen LogP contribution in [0.3, 0.4) is 0 Å². The zero-order valence-electron chi connectivity index (χ0n) is 11.8. The van der Waals surface area contributed by atoms with Gasteiger partial charge in [-0.15, -0.1) is 0 Å². The number of aromatic nitrogens is 2. The van der Waals surface area contributed by atoms with Gasteiger partial charge in [0.1, 0.15) is 11.3 Å². The molecule has 23 heavy (non-hydrogen) atoms. The number of halogens is 3. The Morgan fingerprint density at radius 1 is 1.17 bits per heavy atom. The first-order valence-electron chi connectivity index (χ1n) is 6.76. The van der Waals surface area contributed by atoms with Crippen molar-refractivity contribution in [1.82, 2.24) is 9.55 Å². The second kappa shape index (κ2) is 5.42. The van der Waals surface area contributed by atoms with Crippen LogP contribution in [0.4, 0.5) is 13.2 Å². The summed E-state index contributed by atoms with van der Waals surface area (Å²) in [5.41, 5.74) is 5.74. The standard InChI is InChI=1S/C16H12F3N3O/c17-16(18,19)12-5-1-3-10(7-12)9-22-13(14(20)23)8-11-4-2-6-21-15(11)22/h1-8H,9H2,(H2,20,23). The molecule has 0 atom stereocenters. The minimum atomic E-state index is -4.42. The molecule has 2 N–H and O–H groups in total. The summed E-state index contributed by atoms with van der Waals surface area (Å²) in [5.74, 6) is -0.657. The van der Waals surface area contributed by atoms with Gasteiger partial charge in [0.05, 0.1) is 5.56 Å². The monoisotopic (exact) mass is 319 g/mol. The second-order valence-corrected chi connectivity index (χ2v) is 5.09. The molecule has 0 saturated carbocycles. The highest BCUT2D eigenvalue weighted by Crippen LogP contribution is 2.30. The van der Waals surface area contributed by atoms with E-state index in [0.717, 1.165) is 12.1 Å². The Labute approximate surface area is 129 Å². The Balaban J connectivity index is 2.08. The van der Waals surface area contributed by atoms with Crippen molar-refractivity contribution in [3.05, 3.63) is 65.5 Å². The third kappa shape index (κ3) is 2.90. The summed E-state index contributed by atoms with van der Waals surface area (Å²) in [7, 11) is 0. The number of carbonyl (C=O) groups is 1. The van der Waals surface area contributed by atoms with E-state index in [9.17, 15) is 18.0 Å². The number of fused-ring (bicyclic) bond motifs is 1. The largest absolute Gasteiger partial charge is 0.416 e. The number of rotatable bonds is 3. The molecule has 0 fully saturated rings. The fourth-order valence-electron chi connectivity index (χ4n) is 2.48. The van der Waals surface area contributed by atoms with Gasteiger partial charge < -0.3 is 10.3 Å². The molecule has 0 bridgehead atoms. The SMILES string of the molecule is NC(=O)c1cc2cccnc2n1Cc1cccc(C(F)(F)F)c1. The van der Waals surface area contributed by atoms with Gasteiger partial charge in [-0.25, -0.2) is 4.98 Å². The quantitative estimate of drug-likeness (QED) is 0.806. The van der Waals surface area contributed by atoms with E-state index in [-0.39, 0.29) is 12.2 Å². The molecule has 0 unspecified atom stereocenters. The van der Waals surface area contributed by atoms with Gasteiger partial charge in [0.15, 0.2) is 0 Å². The van der Waals surface area contributed by atoms with E-state index in [1.807, 2.05) is 0 Å². The Morgan fingerprint density at radius 2 is 1.96 bits per heavy atom.